The van der Waals surface area contributed by atoms with Gasteiger partial charge in [0, 0.05) is 17.6 Å². The zero-order chi connectivity index (χ0) is 14.3. The van der Waals surface area contributed by atoms with Crippen LogP contribution in [0.2, 0.25) is 0 Å². The summed E-state index contributed by atoms with van der Waals surface area (Å²) in [6.07, 6.45) is 2.16. The van der Waals surface area contributed by atoms with E-state index in [0.29, 0.717) is 0 Å². The van der Waals surface area contributed by atoms with E-state index in [2.05, 4.69) is 41.2 Å². The zero-order valence-corrected chi connectivity index (χ0v) is 13.8. The minimum atomic E-state index is 0.162. The van der Waals surface area contributed by atoms with Crippen molar-refractivity contribution in [1.29, 1.82) is 0 Å². The second-order valence-corrected chi connectivity index (χ2v) is 5.58. The molecule has 4 heteroatoms. The predicted molar refractivity (Wildman–Crippen MR) is 83.0 cm³/mol. The second-order valence-electron chi connectivity index (χ2n) is 4.66. The van der Waals surface area contributed by atoms with Gasteiger partial charge in [-0.15, -0.1) is 0 Å². The summed E-state index contributed by atoms with van der Waals surface area (Å²) in [5.74, 6) is 0.926. The first-order valence-electron chi connectivity index (χ1n) is 6.71. The highest BCUT2D eigenvalue weighted by atomic mass is 79.9. The van der Waals surface area contributed by atoms with Gasteiger partial charge in [0.05, 0.1) is 13.2 Å². The maximum Gasteiger partial charge on any atom is 0.122 e. The Hall–Kier alpha value is -0.580. The van der Waals surface area contributed by atoms with Gasteiger partial charge >= 0.3 is 0 Å². The van der Waals surface area contributed by atoms with Gasteiger partial charge in [-0.25, -0.2) is 0 Å². The van der Waals surface area contributed by atoms with Crippen molar-refractivity contribution < 1.29 is 9.47 Å². The van der Waals surface area contributed by atoms with Crippen LogP contribution in [0.25, 0.3) is 0 Å². The summed E-state index contributed by atoms with van der Waals surface area (Å²) in [5, 5.41) is 3.54. The third-order valence-corrected chi connectivity index (χ3v) is 3.77. The molecule has 2 unspecified atom stereocenters. The van der Waals surface area contributed by atoms with Crippen molar-refractivity contribution in [2.75, 3.05) is 20.8 Å². The molecular formula is C15H24BrNO2. The van der Waals surface area contributed by atoms with E-state index < -0.39 is 0 Å². The highest BCUT2D eigenvalue weighted by molar-refractivity contribution is 9.10. The monoisotopic (exact) mass is 329 g/mol. The van der Waals surface area contributed by atoms with Crippen LogP contribution in [0.5, 0.6) is 5.75 Å². The first-order valence-corrected chi connectivity index (χ1v) is 7.50. The molecule has 0 heterocycles. The smallest absolute Gasteiger partial charge is 0.122 e. The fourth-order valence-corrected chi connectivity index (χ4v) is 2.45. The summed E-state index contributed by atoms with van der Waals surface area (Å²) in [7, 11) is 3.46. The van der Waals surface area contributed by atoms with Crippen LogP contribution >= 0.6 is 15.9 Å². The van der Waals surface area contributed by atoms with Crippen LogP contribution in [-0.2, 0) is 11.2 Å². The number of ether oxygens (including phenoxy) is 2. The molecule has 0 amide bonds. The molecule has 1 aromatic rings. The van der Waals surface area contributed by atoms with E-state index in [1.54, 1.807) is 14.2 Å². The largest absolute Gasteiger partial charge is 0.496 e. The maximum absolute atomic E-state index is 5.47. The van der Waals surface area contributed by atoms with Crippen LogP contribution in [-0.4, -0.2) is 32.9 Å². The SMILES string of the molecule is CCCNC(Cc1cc(Br)ccc1OC)C(C)OC. The summed E-state index contributed by atoms with van der Waals surface area (Å²) in [6.45, 7) is 5.26. The van der Waals surface area contributed by atoms with Crippen LogP contribution in [0.3, 0.4) is 0 Å². The number of nitrogens with one attached hydrogen (secondary N) is 1. The minimum Gasteiger partial charge on any atom is -0.496 e. The topological polar surface area (TPSA) is 30.5 Å². The molecule has 1 rings (SSSR count). The molecule has 1 aromatic carbocycles. The molecule has 0 aliphatic heterocycles. The van der Waals surface area contributed by atoms with E-state index in [1.807, 2.05) is 12.1 Å². The summed E-state index contributed by atoms with van der Waals surface area (Å²) in [5.41, 5.74) is 1.19. The highest BCUT2D eigenvalue weighted by Crippen LogP contribution is 2.25. The quantitative estimate of drug-likeness (QED) is 0.792. The van der Waals surface area contributed by atoms with Gasteiger partial charge in [0.1, 0.15) is 5.75 Å². The molecule has 0 fully saturated rings. The Bertz CT molecular complexity index is 384. The Morgan fingerprint density at radius 3 is 2.63 bits per heavy atom. The molecular weight excluding hydrogens is 306 g/mol. The van der Waals surface area contributed by atoms with Crippen molar-refractivity contribution in [2.24, 2.45) is 0 Å². The Morgan fingerprint density at radius 1 is 1.32 bits per heavy atom. The van der Waals surface area contributed by atoms with Gasteiger partial charge < -0.3 is 14.8 Å². The molecule has 0 bridgehead atoms. The van der Waals surface area contributed by atoms with E-state index in [-0.39, 0.29) is 12.1 Å². The molecule has 0 saturated carbocycles. The average Bonchev–Trinajstić information content (AvgIpc) is 2.42. The van der Waals surface area contributed by atoms with Gasteiger partial charge in [0.2, 0.25) is 0 Å². The van der Waals surface area contributed by atoms with E-state index >= 15 is 0 Å². The third-order valence-electron chi connectivity index (χ3n) is 3.28. The molecule has 0 aliphatic carbocycles. The van der Waals surface area contributed by atoms with Crippen molar-refractivity contribution >= 4 is 15.9 Å². The molecule has 1 N–H and O–H groups in total. The average molecular weight is 330 g/mol. The van der Waals surface area contributed by atoms with E-state index in [0.717, 1.165) is 29.6 Å². The molecule has 108 valence electrons. The summed E-state index contributed by atoms with van der Waals surface area (Å²) >= 11 is 3.51. The van der Waals surface area contributed by atoms with E-state index in [1.165, 1.54) is 5.56 Å². The molecule has 2 atom stereocenters. The number of hydrogen-bond acceptors (Lipinski definition) is 3. The van der Waals surface area contributed by atoms with E-state index in [4.69, 9.17) is 9.47 Å². The first-order chi connectivity index (χ1) is 9.12. The van der Waals surface area contributed by atoms with Crippen LogP contribution in [0.4, 0.5) is 0 Å². The van der Waals surface area contributed by atoms with Crippen molar-refractivity contribution in [3.05, 3.63) is 28.2 Å². The molecule has 19 heavy (non-hydrogen) atoms. The lowest BCUT2D eigenvalue weighted by molar-refractivity contribution is 0.0829. The highest BCUT2D eigenvalue weighted by Gasteiger charge is 2.18. The Labute approximate surface area is 124 Å². The molecule has 0 aliphatic rings. The first kappa shape index (κ1) is 16.5. The lowest BCUT2D eigenvalue weighted by Gasteiger charge is -2.25. The summed E-state index contributed by atoms with van der Waals surface area (Å²) in [4.78, 5) is 0. The van der Waals surface area contributed by atoms with Gasteiger partial charge in [-0.1, -0.05) is 22.9 Å². The molecule has 0 radical (unpaired) electrons. The van der Waals surface area contributed by atoms with Crippen LogP contribution in [0.1, 0.15) is 25.8 Å². The van der Waals surface area contributed by atoms with Crippen molar-refractivity contribution in [3.8, 4) is 5.75 Å². The van der Waals surface area contributed by atoms with Crippen molar-refractivity contribution in [3.63, 3.8) is 0 Å². The van der Waals surface area contributed by atoms with Gasteiger partial charge in [-0.3, -0.25) is 0 Å². The standard InChI is InChI=1S/C15H24BrNO2/c1-5-8-17-14(11(2)18-3)10-12-9-13(16)6-7-15(12)19-4/h6-7,9,11,14,17H,5,8,10H2,1-4H3. The Kier molecular flexibility index (Phi) is 7.42. The van der Waals surface area contributed by atoms with Crippen LogP contribution < -0.4 is 10.1 Å². The van der Waals surface area contributed by atoms with Gasteiger partial charge in [-0.05, 0) is 50.1 Å². The number of rotatable bonds is 8. The lowest BCUT2D eigenvalue weighted by atomic mass is 10.0. The van der Waals surface area contributed by atoms with Crippen molar-refractivity contribution in [2.45, 2.75) is 38.8 Å². The number of hydrogen-bond donors (Lipinski definition) is 1. The molecule has 0 spiro atoms. The molecule has 0 saturated heterocycles. The number of halogens is 1. The maximum atomic E-state index is 5.47. The van der Waals surface area contributed by atoms with Gasteiger partial charge in [-0.2, -0.15) is 0 Å². The van der Waals surface area contributed by atoms with Crippen molar-refractivity contribution in [1.82, 2.24) is 5.32 Å². The fraction of sp³-hybridized carbons (Fsp3) is 0.600. The lowest BCUT2D eigenvalue weighted by Crippen LogP contribution is -2.41. The fourth-order valence-electron chi connectivity index (χ4n) is 2.04. The van der Waals surface area contributed by atoms with Gasteiger partial charge in [0.25, 0.3) is 0 Å². The van der Waals surface area contributed by atoms with Gasteiger partial charge in [0.15, 0.2) is 0 Å². The normalized spacial score (nSPS) is 14.2. The number of benzene rings is 1. The predicted octanol–water partition coefficient (Wildman–Crippen LogP) is 3.40. The number of methoxy groups -OCH3 is 2. The summed E-state index contributed by atoms with van der Waals surface area (Å²) in [6, 6.07) is 6.39. The van der Waals surface area contributed by atoms with Crippen LogP contribution in [0, 0.1) is 0 Å². The minimum absolute atomic E-state index is 0.162. The third kappa shape index (κ3) is 5.13. The Morgan fingerprint density at radius 2 is 2.05 bits per heavy atom. The zero-order valence-electron chi connectivity index (χ0n) is 12.2. The molecule has 0 aromatic heterocycles. The van der Waals surface area contributed by atoms with E-state index in [9.17, 15) is 0 Å². The summed E-state index contributed by atoms with van der Waals surface area (Å²) < 4.78 is 12.0. The van der Waals surface area contributed by atoms with Crippen LogP contribution in [0.15, 0.2) is 22.7 Å². The Balaban J connectivity index is 2.85. The second kappa shape index (κ2) is 8.56. The molecule has 3 nitrogen and oxygen atoms in total.